The molecule has 0 saturated carbocycles. The molecule has 0 unspecified atom stereocenters. The van der Waals surface area contributed by atoms with Crippen LogP contribution in [0.15, 0.2) is 29.3 Å². The summed E-state index contributed by atoms with van der Waals surface area (Å²) in [6, 6.07) is 8.52. The van der Waals surface area contributed by atoms with E-state index in [1.165, 1.54) is 5.56 Å². The molecule has 0 aliphatic carbocycles. The van der Waals surface area contributed by atoms with Gasteiger partial charge >= 0.3 is 0 Å². The van der Waals surface area contributed by atoms with Crippen LogP contribution in [0.25, 0.3) is 0 Å². The second-order valence-electron chi connectivity index (χ2n) is 3.32. The van der Waals surface area contributed by atoms with E-state index >= 15 is 0 Å². The molecule has 3 nitrogen and oxygen atoms in total. The van der Waals surface area contributed by atoms with E-state index in [0.717, 1.165) is 12.1 Å². The number of aliphatic imine (C=N–C) groups is 1. The van der Waals surface area contributed by atoms with Gasteiger partial charge < -0.3 is 0 Å². The predicted octanol–water partition coefficient (Wildman–Crippen LogP) is 1.68. The van der Waals surface area contributed by atoms with Gasteiger partial charge in [0.15, 0.2) is 0 Å². The first-order valence-corrected chi connectivity index (χ1v) is 4.70. The summed E-state index contributed by atoms with van der Waals surface area (Å²) in [4.78, 5) is 9.40. The Balaban J connectivity index is 2.33. The molecule has 74 valence electrons. The maximum atomic E-state index is 5.34. The van der Waals surface area contributed by atoms with E-state index < -0.39 is 0 Å². The minimum atomic E-state index is 0.238. The molecule has 2 rings (SSSR count). The number of hydrogen-bond donors (Lipinski definition) is 0. The van der Waals surface area contributed by atoms with Gasteiger partial charge in [0, 0.05) is 19.7 Å². The van der Waals surface area contributed by atoms with Crippen LogP contribution in [0.4, 0.5) is 5.69 Å². The van der Waals surface area contributed by atoms with Gasteiger partial charge in [0.2, 0.25) is 0 Å². The standard InChI is InChI=1S/C11H14N2O/c1-12-8-10-7-9-5-3-4-6-11(9)13(10)14-2/h3-6,8,10H,7H2,1-2H3/t10-/m0/s1. The number of fused-ring (bicyclic) bond motifs is 1. The molecule has 1 aromatic rings. The largest absolute Gasteiger partial charge is 0.299 e. The smallest absolute Gasteiger partial charge is 0.0952 e. The van der Waals surface area contributed by atoms with Crippen molar-refractivity contribution in [3.63, 3.8) is 0 Å². The quantitative estimate of drug-likeness (QED) is 0.663. The van der Waals surface area contributed by atoms with Gasteiger partial charge in [-0.05, 0) is 11.6 Å². The van der Waals surface area contributed by atoms with Crippen molar-refractivity contribution in [2.45, 2.75) is 12.5 Å². The van der Waals surface area contributed by atoms with Gasteiger partial charge in [-0.1, -0.05) is 18.2 Å². The third kappa shape index (κ3) is 1.40. The molecule has 1 aromatic carbocycles. The number of hydrogen-bond acceptors (Lipinski definition) is 3. The highest BCUT2D eigenvalue weighted by molar-refractivity contribution is 5.75. The normalized spacial score (nSPS) is 20.4. The van der Waals surface area contributed by atoms with Crippen molar-refractivity contribution in [3.8, 4) is 0 Å². The molecule has 1 atom stereocenters. The van der Waals surface area contributed by atoms with Crippen molar-refractivity contribution in [1.82, 2.24) is 0 Å². The first kappa shape index (κ1) is 9.21. The van der Waals surface area contributed by atoms with Crippen LogP contribution >= 0.6 is 0 Å². The Morgan fingerprint density at radius 1 is 1.50 bits per heavy atom. The molecule has 1 heterocycles. The van der Waals surface area contributed by atoms with Crippen molar-refractivity contribution in [3.05, 3.63) is 29.8 Å². The fraction of sp³-hybridized carbons (Fsp3) is 0.364. The molecule has 0 radical (unpaired) electrons. The van der Waals surface area contributed by atoms with E-state index in [2.05, 4.69) is 23.2 Å². The molecular formula is C11H14N2O. The third-order valence-electron chi connectivity index (χ3n) is 2.48. The minimum absolute atomic E-state index is 0.238. The molecule has 0 saturated heterocycles. The van der Waals surface area contributed by atoms with Crippen molar-refractivity contribution >= 4 is 11.9 Å². The van der Waals surface area contributed by atoms with Gasteiger partial charge in [-0.25, -0.2) is 5.06 Å². The molecule has 14 heavy (non-hydrogen) atoms. The summed E-state index contributed by atoms with van der Waals surface area (Å²) >= 11 is 0. The molecule has 0 bridgehead atoms. The summed E-state index contributed by atoms with van der Waals surface area (Å²) in [5, 5.41) is 1.91. The molecule has 0 amide bonds. The van der Waals surface area contributed by atoms with E-state index in [9.17, 15) is 0 Å². The zero-order valence-corrected chi connectivity index (χ0v) is 8.47. The number of para-hydroxylation sites is 1. The van der Waals surface area contributed by atoms with E-state index in [0.29, 0.717) is 0 Å². The van der Waals surface area contributed by atoms with Crippen molar-refractivity contribution < 1.29 is 4.84 Å². The first-order chi connectivity index (χ1) is 6.86. The van der Waals surface area contributed by atoms with Gasteiger partial charge in [-0.15, -0.1) is 0 Å². The molecule has 1 aliphatic heterocycles. The van der Waals surface area contributed by atoms with Crippen molar-refractivity contribution in [1.29, 1.82) is 0 Å². The van der Waals surface area contributed by atoms with E-state index in [4.69, 9.17) is 4.84 Å². The fourth-order valence-corrected chi connectivity index (χ4v) is 1.90. The van der Waals surface area contributed by atoms with Crippen LogP contribution in [-0.2, 0) is 11.3 Å². The lowest BCUT2D eigenvalue weighted by atomic mass is 10.1. The average Bonchev–Trinajstić information content (AvgIpc) is 2.55. The Hall–Kier alpha value is -1.35. The van der Waals surface area contributed by atoms with Crippen LogP contribution in [0.2, 0.25) is 0 Å². The predicted molar refractivity (Wildman–Crippen MR) is 57.8 cm³/mol. The molecular weight excluding hydrogens is 176 g/mol. The molecule has 0 aromatic heterocycles. The van der Waals surface area contributed by atoms with Crippen LogP contribution < -0.4 is 5.06 Å². The summed E-state index contributed by atoms with van der Waals surface area (Å²) in [6.45, 7) is 0. The average molecular weight is 190 g/mol. The van der Waals surface area contributed by atoms with Crippen LogP contribution in [0.3, 0.4) is 0 Å². The Kier molecular flexibility index (Phi) is 2.50. The van der Waals surface area contributed by atoms with Crippen LogP contribution in [0.5, 0.6) is 0 Å². The van der Waals surface area contributed by atoms with E-state index in [1.54, 1.807) is 14.2 Å². The van der Waals surface area contributed by atoms with E-state index in [-0.39, 0.29) is 6.04 Å². The number of hydroxylamine groups is 1. The number of rotatable bonds is 2. The van der Waals surface area contributed by atoms with Crippen molar-refractivity contribution in [2.24, 2.45) is 4.99 Å². The zero-order chi connectivity index (χ0) is 9.97. The van der Waals surface area contributed by atoms with Gasteiger partial charge in [0.05, 0.1) is 18.8 Å². The van der Waals surface area contributed by atoms with E-state index in [1.807, 2.05) is 17.3 Å². The molecule has 1 aliphatic rings. The first-order valence-electron chi connectivity index (χ1n) is 4.70. The maximum Gasteiger partial charge on any atom is 0.0952 e. The summed E-state index contributed by atoms with van der Waals surface area (Å²) in [6.07, 6.45) is 2.89. The maximum absolute atomic E-state index is 5.34. The molecule has 0 spiro atoms. The van der Waals surface area contributed by atoms with Crippen LogP contribution in [0.1, 0.15) is 5.56 Å². The van der Waals surface area contributed by atoms with Gasteiger partial charge in [0.1, 0.15) is 0 Å². The molecule has 3 heteroatoms. The lowest BCUT2D eigenvalue weighted by molar-refractivity contribution is 0.163. The highest BCUT2D eigenvalue weighted by Gasteiger charge is 2.27. The Morgan fingerprint density at radius 2 is 2.29 bits per heavy atom. The van der Waals surface area contributed by atoms with Crippen molar-refractivity contribution in [2.75, 3.05) is 19.2 Å². The molecule has 0 fully saturated rings. The lowest BCUT2D eigenvalue weighted by Gasteiger charge is -2.21. The van der Waals surface area contributed by atoms with Gasteiger partial charge in [-0.2, -0.15) is 0 Å². The van der Waals surface area contributed by atoms with Crippen LogP contribution in [-0.4, -0.2) is 26.4 Å². The highest BCUT2D eigenvalue weighted by Crippen LogP contribution is 2.30. The SMILES string of the molecule is CN=C[C@@H]1Cc2ccccc2N1OC. The summed E-state index contributed by atoms with van der Waals surface area (Å²) < 4.78 is 0. The lowest BCUT2D eigenvalue weighted by Crippen LogP contribution is -2.32. The highest BCUT2D eigenvalue weighted by atomic mass is 16.7. The number of benzene rings is 1. The third-order valence-corrected chi connectivity index (χ3v) is 2.48. The topological polar surface area (TPSA) is 24.8 Å². The number of anilines is 1. The molecule has 0 N–H and O–H groups in total. The van der Waals surface area contributed by atoms with Gasteiger partial charge in [-0.3, -0.25) is 9.83 Å². The monoisotopic (exact) mass is 190 g/mol. The summed E-state index contributed by atoms with van der Waals surface area (Å²) in [5.74, 6) is 0. The fourth-order valence-electron chi connectivity index (χ4n) is 1.90. The Labute approximate surface area is 84.0 Å². The summed E-state index contributed by atoms with van der Waals surface area (Å²) in [7, 11) is 3.48. The number of nitrogens with zero attached hydrogens (tertiary/aromatic N) is 2. The minimum Gasteiger partial charge on any atom is -0.299 e. The Bertz CT molecular complexity index is 349. The summed E-state index contributed by atoms with van der Waals surface area (Å²) in [5.41, 5.74) is 2.47. The van der Waals surface area contributed by atoms with Gasteiger partial charge in [0.25, 0.3) is 0 Å². The van der Waals surface area contributed by atoms with Crippen LogP contribution in [0, 0.1) is 0 Å². The second kappa shape index (κ2) is 3.80. The second-order valence-corrected chi connectivity index (χ2v) is 3.32. The Morgan fingerprint density at radius 3 is 3.00 bits per heavy atom. The zero-order valence-electron chi connectivity index (χ0n) is 8.47.